The van der Waals surface area contributed by atoms with Crippen LogP contribution in [0.2, 0.25) is 0 Å². The zero-order chi connectivity index (χ0) is 13.1. The molecule has 1 aromatic carbocycles. The van der Waals surface area contributed by atoms with Crippen LogP contribution >= 0.6 is 11.8 Å². The van der Waals surface area contributed by atoms with Gasteiger partial charge in [-0.3, -0.25) is 0 Å². The summed E-state index contributed by atoms with van der Waals surface area (Å²) in [5, 5.41) is 4.95. The van der Waals surface area contributed by atoms with Crippen LogP contribution in [0.3, 0.4) is 0 Å². The van der Waals surface area contributed by atoms with Gasteiger partial charge < -0.3 is 10.3 Å². The monoisotopic (exact) mass is 274 g/mol. The van der Waals surface area contributed by atoms with Crippen LogP contribution in [0.4, 0.5) is 0 Å². The van der Waals surface area contributed by atoms with Crippen molar-refractivity contribution in [1.82, 2.24) is 10.3 Å². The van der Waals surface area contributed by atoms with Gasteiger partial charge in [0.25, 0.3) is 0 Å². The minimum absolute atomic E-state index is 0.497. The fraction of sp³-hybridized carbons (Fsp3) is 0.500. The van der Waals surface area contributed by atoms with Crippen molar-refractivity contribution in [2.24, 2.45) is 0 Å². The Morgan fingerprint density at radius 2 is 2.11 bits per heavy atom. The molecule has 1 heterocycles. The fourth-order valence-corrected chi connectivity index (χ4v) is 4.06. The van der Waals surface area contributed by atoms with Gasteiger partial charge in [0.15, 0.2) is 0 Å². The topological polar surface area (TPSA) is 27.8 Å². The van der Waals surface area contributed by atoms with E-state index >= 15 is 0 Å². The number of rotatable bonds is 5. The SMILES string of the molecule is CSC1(CNCc2ccc3cc[nH]c3c2)CCCC1. The molecule has 102 valence electrons. The lowest BCUT2D eigenvalue weighted by Gasteiger charge is -2.27. The molecular formula is C16H22N2S. The van der Waals surface area contributed by atoms with Crippen molar-refractivity contribution in [1.29, 1.82) is 0 Å². The summed E-state index contributed by atoms with van der Waals surface area (Å²) >= 11 is 2.05. The van der Waals surface area contributed by atoms with E-state index in [2.05, 4.69) is 52.6 Å². The standard InChI is InChI=1S/C16H22N2S/c1-19-16(7-2-3-8-16)12-17-11-13-4-5-14-6-9-18-15(14)10-13/h4-6,9-10,17-18H,2-3,7-8,11-12H2,1H3. The van der Waals surface area contributed by atoms with Crippen molar-refractivity contribution >= 4 is 22.7 Å². The zero-order valence-electron chi connectivity index (χ0n) is 11.5. The maximum Gasteiger partial charge on any atom is 0.0457 e. The largest absolute Gasteiger partial charge is 0.361 e. The van der Waals surface area contributed by atoms with E-state index in [4.69, 9.17) is 0 Å². The summed E-state index contributed by atoms with van der Waals surface area (Å²) in [4.78, 5) is 3.28. The molecule has 1 fully saturated rings. The lowest BCUT2D eigenvalue weighted by Crippen LogP contribution is -2.34. The third kappa shape index (κ3) is 2.82. The Morgan fingerprint density at radius 1 is 1.26 bits per heavy atom. The molecule has 0 unspecified atom stereocenters. The molecule has 1 aliphatic carbocycles. The molecule has 0 saturated heterocycles. The van der Waals surface area contributed by atoms with Gasteiger partial charge in [0, 0.05) is 29.6 Å². The molecule has 0 amide bonds. The second-order valence-electron chi connectivity index (χ2n) is 5.60. The second kappa shape index (κ2) is 5.59. The molecule has 0 bridgehead atoms. The number of fused-ring (bicyclic) bond motifs is 1. The first-order chi connectivity index (χ1) is 9.31. The van der Waals surface area contributed by atoms with Gasteiger partial charge in [-0.15, -0.1) is 0 Å². The molecule has 0 spiro atoms. The van der Waals surface area contributed by atoms with Gasteiger partial charge in [-0.05, 0) is 42.2 Å². The Morgan fingerprint density at radius 3 is 2.89 bits per heavy atom. The van der Waals surface area contributed by atoms with Crippen molar-refractivity contribution in [2.45, 2.75) is 37.0 Å². The molecule has 19 heavy (non-hydrogen) atoms. The van der Waals surface area contributed by atoms with Crippen LogP contribution in [0, 0.1) is 0 Å². The van der Waals surface area contributed by atoms with Crippen molar-refractivity contribution in [3.63, 3.8) is 0 Å². The molecule has 2 N–H and O–H groups in total. The predicted octanol–water partition coefficient (Wildman–Crippen LogP) is 3.93. The average molecular weight is 274 g/mol. The van der Waals surface area contributed by atoms with Gasteiger partial charge in [-0.2, -0.15) is 11.8 Å². The van der Waals surface area contributed by atoms with Gasteiger partial charge >= 0.3 is 0 Å². The summed E-state index contributed by atoms with van der Waals surface area (Å²) in [5.41, 5.74) is 2.60. The van der Waals surface area contributed by atoms with Gasteiger partial charge in [0.05, 0.1) is 0 Å². The fourth-order valence-electron chi connectivity index (χ4n) is 3.11. The van der Waals surface area contributed by atoms with Crippen molar-refractivity contribution in [3.05, 3.63) is 36.0 Å². The molecular weight excluding hydrogens is 252 g/mol. The second-order valence-corrected chi connectivity index (χ2v) is 6.87. The van der Waals surface area contributed by atoms with Crippen LogP contribution in [0.5, 0.6) is 0 Å². The Kier molecular flexibility index (Phi) is 3.85. The number of H-pyrrole nitrogens is 1. The molecule has 0 atom stereocenters. The highest BCUT2D eigenvalue weighted by atomic mass is 32.2. The van der Waals surface area contributed by atoms with Gasteiger partial charge in [-0.1, -0.05) is 25.0 Å². The van der Waals surface area contributed by atoms with Crippen LogP contribution in [0.1, 0.15) is 31.2 Å². The third-order valence-electron chi connectivity index (χ3n) is 4.34. The Labute approximate surface area is 119 Å². The van der Waals surface area contributed by atoms with E-state index in [0.717, 1.165) is 13.1 Å². The first-order valence-corrected chi connectivity index (χ1v) is 8.36. The number of nitrogens with one attached hydrogen (secondary N) is 2. The van der Waals surface area contributed by atoms with Gasteiger partial charge in [0.1, 0.15) is 0 Å². The highest BCUT2D eigenvalue weighted by molar-refractivity contribution is 8.00. The number of aromatic nitrogens is 1. The first-order valence-electron chi connectivity index (χ1n) is 7.13. The summed E-state index contributed by atoms with van der Waals surface area (Å²) in [6.07, 6.45) is 9.81. The number of benzene rings is 1. The van der Waals surface area contributed by atoms with E-state index in [-0.39, 0.29) is 0 Å². The van der Waals surface area contributed by atoms with E-state index < -0.39 is 0 Å². The molecule has 3 heteroatoms. The molecule has 0 aliphatic heterocycles. The van der Waals surface area contributed by atoms with E-state index in [9.17, 15) is 0 Å². The number of thioether (sulfide) groups is 1. The maximum absolute atomic E-state index is 3.66. The normalized spacial score (nSPS) is 18.2. The third-order valence-corrected chi connectivity index (χ3v) is 5.76. The summed E-state index contributed by atoms with van der Waals surface area (Å²) < 4.78 is 0.497. The lowest BCUT2D eigenvalue weighted by molar-refractivity contribution is 0.534. The van der Waals surface area contributed by atoms with E-state index in [0.29, 0.717) is 4.75 Å². The zero-order valence-corrected chi connectivity index (χ0v) is 12.4. The Bertz CT molecular complexity index is 540. The minimum Gasteiger partial charge on any atom is -0.361 e. The summed E-state index contributed by atoms with van der Waals surface area (Å²) in [6.45, 7) is 2.11. The highest BCUT2D eigenvalue weighted by Crippen LogP contribution is 2.39. The van der Waals surface area contributed by atoms with E-state index in [1.807, 2.05) is 6.20 Å². The molecule has 3 rings (SSSR count). The molecule has 0 radical (unpaired) electrons. The number of hydrogen-bond acceptors (Lipinski definition) is 2. The number of hydrogen-bond donors (Lipinski definition) is 2. The van der Waals surface area contributed by atoms with E-state index in [1.54, 1.807) is 0 Å². The average Bonchev–Trinajstić information content (AvgIpc) is 3.07. The highest BCUT2D eigenvalue weighted by Gasteiger charge is 2.32. The summed E-state index contributed by atoms with van der Waals surface area (Å²) in [5.74, 6) is 0. The van der Waals surface area contributed by atoms with Crippen LogP contribution in [-0.4, -0.2) is 22.5 Å². The minimum atomic E-state index is 0.497. The predicted molar refractivity (Wildman–Crippen MR) is 84.7 cm³/mol. The summed E-state index contributed by atoms with van der Waals surface area (Å²) in [6, 6.07) is 8.79. The van der Waals surface area contributed by atoms with Crippen molar-refractivity contribution in [2.75, 3.05) is 12.8 Å². The number of aromatic amines is 1. The van der Waals surface area contributed by atoms with Gasteiger partial charge in [-0.25, -0.2) is 0 Å². The van der Waals surface area contributed by atoms with Crippen LogP contribution in [0.15, 0.2) is 30.5 Å². The van der Waals surface area contributed by atoms with Crippen molar-refractivity contribution in [3.8, 4) is 0 Å². The van der Waals surface area contributed by atoms with Gasteiger partial charge in [0.2, 0.25) is 0 Å². The van der Waals surface area contributed by atoms with Crippen LogP contribution in [0.25, 0.3) is 10.9 Å². The van der Waals surface area contributed by atoms with Crippen LogP contribution < -0.4 is 5.32 Å². The molecule has 2 nitrogen and oxygen atoms in total. The molecule has 1 aromatic heterocycles. The van der Waals surface area contributed by atoms with E-state index in [1.165, 1.54) is 42.1 Å². The molecule has 1 aliphatic rings. The molecule has 2 aromatic rings. The summed E-state index contributed by atoms with van der Waals surface area (Å²) in [7, 11) is 0. The lowest BCUT2D eigenvalue weighted by atomic mass is 10.1. The quantitative estimate of drug-likeness (QED) is 0.864. The maximum atomic E-state index is 3.66. The Balaban J connectivity index is 1.59. The molecule has 1 saturated carbocycles. The first kappa shape index (κ1) is 13.1. The van der Waals surface area contributed by atoms with Crippen LogP contribution in [-0.2, 0) is 6.54 Å². The Hall–Kier alpha value is -0.930. The van der Waals surface area contributed by atoms with Crippen molar-refractivity contribution < 1.29 is 0 Å². The smallest absolute Gasteiger partial charge is 0.0457 e.